The number of nitrogens with zero attached hydrogens (tertiary/aromatic N) is 5. The van der Waals surface area contributed by atoms with Crippen molar-refractivity contribution < 1.29 is 4.79 Å². The highest BCUT2D eigenvalue weighted by molar-refractivity contribution is 5.91. The van der Waals surface area contributed by atoms with Crippen LogP contribution in [-0.4, -0.2) is 49.6 Å². The van der Waals surface area contributed by atoms with E-state index in [-0.39, 0.29) is 11.5 Å². The van der Waals surface area contributed by atoms with Gasteiger partial charge in [-0.05, 0) is 57.2 Å². The van der Waals surface area contributed by atoms with Crippen LogP contribution in [0.2, 0.25) is 0 Å². The Balaban J connectivity index is 1.29. The molecule has 1 aliphatic carbocycles. The van der Waals surface area contributed by atoms with Crippen molar-refractivity contribution in [2.24, 2.45) is 5.41 Å². The topological polar surface area (TPSA) is 54.3 Å². The van der Waals surface area contributed by atoms with Crippen LogP contribution in [0.5, 0.6) is 0 Å². The number of hydrogen-bond donors (Lipinski definition) is 0. The maximum Gasteiger partial charge on any atom is 0.232 e. The molecule has 0 radical (unpaired) electrons. The molecule has 1 amide bonds. The van der Waals surface area contributed by atoms with Crippen molar-refractivity contribution in [2.45, 2.75) is 84.0 Å². The molecular weight excluding hydrogens is 386 g/mol. The SMILES string of the molecule is CCn1ncc(CN2CCC(N3C(=O)C4(CCCCC4)C3c3ccncc3)CC2)c1C. The van der Waals surface area contributed by atoms with E-state index in [1.165, 1.54) is 36.1 Å². The molecule has 6 nitrogen and oxygen atoms in total. The van der Waals surface area contributed by atoms with Crippen LogP contribution in [0.1, 0.15) is 74.7 Å². The highest BCUT2D eigenvalue weighted by atomic mass is 16.2. The number of rotatable bonds is 5. The van der Waals surface area contributed by atoms with E-state index in [1.807, 2.05) is 18.6 Å². The lowest BCUT2D eigenvalue weighted by Crippen LogP contribution is -2.67. The molecule has 2 aliphatic heterocycles. The smallest absolute Gasteiger partial charge is 0.232 e. The van der Waals surface area contributed by atoms with Crippen molar-refractivity contribution in [3.05, 3.63) is 47.5 Å². The highest BCUT2D eigenvalue weighted by Gasteiger charge is 2.62. The summed E-state index contributed by atoms with van der Waals surface area (Å²) in [5.74, 6) is 0.424. The summed E-state index contributed by atoms with van der Waals surface area (Å²) in [4.78, 5) is 22.6. The van der Waals surface area contributed by atoms with Crippen molar-refractivity contribution >= 4 is 5.91 Å². The van der Waals surface area contributed by atoms with Gasteiger partial charge in [0.25, 0.3) is 0 Å². The van der Waals surface area contributed by atoms with Crippen LogP contribution in [0.15, 0.2) is 30.7 Å². The molecule has 2 saturated heterocycles. The molecule has 1 atom stereocenters. The molecule has 3 aliphatic rings. The minimum absolute atomic E-state index is 0.150. The first-order valence-electron chi connectivity index (χ1n) is 12.1. The maximum absolute atomic E-state index is 13.6. The average Bonchev–Trinajstić information content (AvgIpc) is 3.18. The predicted molar refractivity (Wildman–Crippen MR) is 120 cm³/mol. The number of carbonyl (C=O) groups excluding carboxylic acids is 1. The summed E-state index contributed by atoms with van der Waals surface area (Å²) in [7, 11) is 0. The van der Waals surface area contributed by atoms with Crippen molar-refractivity contribution in [3.8, 4) is 0 Å². The van der Waals surface area contributed by atoms with E-state index >= 15 is 0 Å². The molecule has 3 fully saturated rings. The van der Waals surface area contributed by atoms with Gasteiger partial charge in [0.15, 0.2) is 0 Å². The minimum Gasteiger partial charge on any atom is -0.331 e. The second-order valence-electron chi connectivity index (χ2n) is 9.69. The third kappa shape index (κ3) is 3.49. The summed E-state index contributed by atoms with van der Waals surface area (Å²) in [6.07, 6.45) is 13.6. The van der Waals surface area contributed by atoms with Crippen LogP contribution >= 0.6 is 0 Å². The van der Waals surface area contributed by atoms with Gasteiger partial charge >= 0.3 is 0 Å². The summed E-state index contributed by atoms with van der Waals surface area (Å²) in [5.41, 5.74) is 3.74. The van der Waals surface area contributed by atoms with E-state index in [1.54, 1.807) is 0 Å². The Kier molecular flexibility index (Phi) is 5.59. The third-order valence-electron chi connectivity index (χ3n) is 8.08. The summed E-state index contributed by atoms with van der Waals surface area (Å²) >= 11 is 0. The zero-order valence-electron chi connectivity index (χ0n) is 19.0. The first kappa shape index (κ1) is 20.7. The standard InChI is InChI=1S/C25H35N5O/c1-3-29-19(2)21(17-27-29)18-28-15-9-22(10-16-28)30-23(20-7-13-26-14-8-20)25(24(30)31)11-5-4-6-12-25/h7-8,13-14,17,22-23H,3-6,9-12,15-16,18H2,1-2H3. The molecule has 2 aromatic heterocycles. The van der Waals surface area contributed by atoms with Gasteiger partial charge in [0, 0.05) is 55.9 Å². The van der Waals surface area contributed by atoms with E-state index in [9.17, 15) is 4.79 Å². The lowest BCUT2D eigenvalue weighted by atomic mass is 9.59. The molecule has 1 unspecified atom stereocenters. The van der Waals surface area contributed by atoms with Crippen LogP contribution in [-0.2, 0) is 17.9 Å². The van der Waals surface area contributed by atoms with Crippen molar-refractivity contribution in [3.63, 3.8) is 0 Å². The van der Waals surface area contributed by atoms with Gasteiger partial charge in [0.1, 0.15) is 0 Å². The van der Waals surface area contributed by atoms with Gasteiger partial charge in [-0.25, -0.2) is 0 Å². The number of aryl methyl sites for hydroxylation is 1. The third-order valence-corrected chi connectivity index (χ3v) is 8.08. The van der Waals surface area contributed by atoms with Crippen LogP contribution in [0.4, 0.5) is 0 Å². The van der Waals surface area contributed by atoms with Gasteiger partial charge in [-0.1, -0.05) is 19.3 Å². The fourth-order valence-electron chi connectivity index (χ4n) is 6.32. The molecule has 166 valence electrons. The number of amides is 1. The fourth-order valence-corrected chi connectivity index (χ4v) is 6.32. The van der Waals surface area contributed by atoms with Gasteiger partial charge in [0.2, 0.25) is 5.91 Å². The molecule has 6 heteroatoms. The molecule has 31 heavy (non-hydrogen) atoms. The van der Waals surface area contributed by atoms with E-state index < -0.39 is 0 Å². The largest absolute Gasteiger partial charge is 0.331 e. The Bertz CT molecular complexity index is 909. The van der Waals surface area contributed by atoms with Crippen LogP contribution in [0, 0.1) is 12.3 Å². The van der Waals surface area contributed by atoms with Gasteiger partial charge in [-0.2, -0.15) is 5.10 Å². The van der Waals surface area contributed by atoms with Crippen LogP contribution in [0.25, 0.3) is 0 Å². The van der Waals surface area contributed by atoms with Gasteiger partial charge < -0.3 is 4.90 Å². The zero-order chi connectivity index (χ0) is 21.4. The zero-order valence-corrected chi connectivity index (χ0v) is 19.0. The van der Waals surface area contributed by atoms with Crippen LogP contribution in [0.3, 0.4) is 0 Å². The molecule has 5 rings (SSSR count). The van der Waals surface area contributed by atoms with Gasteiger partial charge in [-0.15, -0.1) is 0 Å². The van der Waals surface area contributed by atoms with Crippen molar-refractivity contribution in [1.82, 2.24) is 24.6 Å². The van der Waals surface area contributed by atoms with Crippen molar-refractivity contribution in [1.29, 1.82) is 0 Å². The van der Waals surface area contributed by atoms with Gasteiger partial charge in [0.05, 0.1) is 17.7 Å². The molecule has 0 aromatic carbocycles. The number of pyridine rings is 1. The lowest BCUT2D eigenvalue weighted by Gasteiger charge is -2.61. The Labute approximate surface area is 185 Å². The molecule has 4 heterocycles. The summed E-state index contributed by atoms with van der Waals surface area (Å²) in [6, 6.07) is 4.85. The second kappa shape index (κ2) is 8.38. The first-order valence-corrected chi connectivity index (χ1v) is 12.1. The number of β-lactam (4-membered cyclic amide) rings is 1. The Morgan fingerprint density at radius 2 is 1.81 bits per heavy atom. The average molecular weight is 422 g/mol. The number of likely N-dealkylation sites (tertiary alicyclic amines) is 2. The first-order chi connectivity index (χ1) is 15.1. The van der Waals surface area contributed by atoms with E-state index in [2.05, 4.69) is 50.5 Å². The predicted octanol–water partition coefficient (Wildman–Crippen LogP) is 4.10. The Hall–Kier alpha value is -2.21. The Morgan fingerprint density at radius 1 is 1.10 bits per heavy atom. The highest BCUT2D eigenvalue weighted by Crippen LogP contribution is 2.59. The quantitative estimate of drug-likeness (QED) is 0.682. The normalized spacial score (nSPS) is 24.5. The molecule has 2 aromatic rings. The molecule has 1 spiro atoms. The molecular formula is C25H35N5O. The number of aromatic nitrogens is 3. The van der Waals surface area contributed by atoms with Crippen LogP contribution < -0.4 is 0 Å². The summed E-state index contributed by atoms with van der Waals surface area (Å²) in [6.45, 7) is 8.27. The van der Waals surface area contributed by atoms with E-state index in [0.717, 1.165) is 51.9 Å². The lowest BCUT2D eigenvalue weighted by molar-refractivity contribution is -0.186. The van der Waals surface area contributed by atoms with E-state index in [4.69, 9.17) is 0 Å². The number of carbonyl (C=O) groups is 1. The number of piperidine rings is 1. The Morgan fingerprint density at radius 3 is 2.45 bits per heavy atom. The van der Waals surface area contributed by atoms with E-state index in [0.29, 0.717) is 11.9 Å². The van der Waals surface area contributed by atoms with Gasteiger partial charge in [-0.3, -0.25) is 19.4 Å². The van der Waals surface area contributed by atoms with Crippen molar-refractivity contribution in [2.75, 3.05) is 13.1 Å². The number of hydrogen-bond acceptors (Lipinski definition) is 4. The minimum atomic E-state index is -0.150. The monoisotopic (exact) mass is 421 g/mol. The molecule has 1 saturated carbocycles. The summed E-state index contributed by atoms with van der Waals surface area (Å²) < 4.78 is 2.07. The molecule has 0 bridgehead atoms. The summed E-state index contributed by atoms with van der Waals surface area (Å²) in [5, 5.41) is 4.50. The molecule has 0 N–H and O–H groups in total. The second-order valence-corrected chi connectivity index (χ2v) is 9.69. The maximum atomic E-state index is 13.6. The fraction of sp³-hybridized carbons (Fsp3) is 0.640.